The number of ether oxygens (including phenoxy) is 2. The Hall–Kier alpha value is -1.30. The largest absolute Gasteiger partial charge is 0.478 e. The molecule has 0 saturated heterocycles. The lowest BCUT2D eigenvalue weighted by atomic mass is 10.6. The van der Waals surface area contributed by atoms with Gasteiger partial charge >= 0.3 is 12.1 Å². The van der Waals surface area contributed by atoms with Gasteiger partial charge in [0, 0.05) is 7.11 Å². The van der Waals surface area contributed by atoms with Gasteiger partial charge in [0.25, 0.3) is 0 Å². The van der Waals surface area contributed by atoms with Gasteiger partial charge in [0.15, 0.2) is 0 Å². The Kier molecular flexibility index (Phi) is 3.97. The van der Waals surface area contributed by atoms with E-state index in [2.05, 4.69) is 9.47 Å². The molecule has 0 spiro atoms. The summed E-state index contributed by atoms with van der Waals surface area (Å²) in [6.45, 7) is 0. The maximum atomic E-state index is 10.4. The summed E-state index contributed by atoms with van der Waals surface area (Å²) in [5, 5.41) is 10.3. The molecule has 0 aromatic heterocycles. The zero-order valence-electron chi connectivity index (χ0n) is 6.16. The first-order valence-electron chi connectivity index (χ1n) is 2.72. The molecule has 11 heavy (non-hydrogen) atoms. The number of carbonyl (C=O) groups excluding carboxylic acids is 1. The minimum atomic E-state index is -1.36. The number of amides is 1. The van der Waals surface area contributed by atoms with E-state index in [1.807, 2.05) is 5.32 Å². The monoisotopic (exact) mass is 163 g/mol. The summed E-state index contributed by atoms with van der Waals surface area (Å²) in [5.74, 6) is -1.28. The zero-order chi connectivity index (χ0) is 8.85. The van der Waals surface area contributed by atoms with Gasteiger partial charge in [-0.3, -0.25) is 5.32 Å². The van der Waals surface area contributed by atoms with E-state index in [-0.39, 0.29) is 0 Å². The van der Waals surface area contributed by atoms with E-state index < -0.39 is 18.3 Å². The van der Waals surface area contributed by atoms with E-state index in [0.29, 0.717) is 0 Å². The number of carbonyl (C=O) groups is 2. The number of carboxylic acids is 1. The fourth-order valence-corrected chi connectivity index (χ4v) is 0.387. The van der Waals surface area contributed by atoms with E-state index in [9.17, 15) is 9.59 Å². The van der Waals surface area contributed by atoms with Crippen molar-refractivity contribution in [2.75, 3.05) is 14.2 Å². The lowest BCUT2D eigenvalue weighted by molar-refractivity contribution is -0.150. The molecule has 0 aliphatic rings. The Bertz CT molecular complexity index is 157. The number of hydrogen-bond donors (Lipinski definition) is 2. The molecule has 0 rings (SSSR count). The van der Waals surface area contributed by atoms with E-state index in [1.165, 1.54) is 0 Å². The minimum Gasteiger partial charge on any atom is -0.478 e. The van der Waals surface area contributed by atoms with Crippen LogP contribution in [0.1, 0.15) is 0 Å². The van der Waals surface area contributed by atoms with Crippen molar-refractivity contribution >= 4 is 12.1 Å². The van der Waals surface area contributed by atoms with Crippen LogP contribution < -0.4 is 5.32 Å². The molecule has 6 nitrogen and oxygen atoms in total. The highest BCUT2D eigenvalue weighted by atomic mass is 16.6. The molecule has 0 saturated carbocycles. The fourth-order valence-electron chi connectivity index (χ4n) is 0.387. The normalized spacial score (nSPS) is 11.8. The molecule has 0 heterocycles. The van der Waals surface area contributed by atoms with Crippen molar-refractivity contribution in [3.05, 3.63) is 0 Å². The van der Waals surface area contributed by atoms with Crippen molar-refractivity contribution in [3.8, 4) is 0 Å². The van der Waals surface area contributed by atoms with Gasteiger partial charge in [0.05, 0.1) is 7.11 Å². The smallest absolute Gasteiger partial charge is 0.409 e. The first-order valence-corrected chi connectivity index (χ1v) is 2.72. The quantitative estimate of drug-likeness (QED) is 0.542. The van der Waals surface area contributed by atoms with E-state index in [0.717, 1.165) is 14.2 Å². The average molecular weight is 163 g/mol. The molecule has 0 radical (unpaired) electrons. The molecule has 0 aromatic rings. The van der Waals surface area contributed by atoms with Crippen LogP contribution in [0, 0.1) is 0 Å². The highest BCUT2D eigenvalue weighted by molar-refractivity contribution is 5.78. The Morgan fingerprint density at radius 1 is 1.45 bits per heavy atom. The third kappa shape index (κ3) is 3.41. The van der Waals surface area contributed by atoms with Gasteiger partial charge in [0.2, 0.25) is 6.23 Å². The van der Waals surface area contributed by atoms with Crippen molar-refractivity contribution in [1.82, 2.24) is 5.32 Å². The highest BCUT2D eigenvalue weighted by Gasteiger charge is 2.18. The molecule has 2 N–H and O–H groups in total. The van der Waals surface area contributed by atoms with Crippen molar-refractivity contribution in [2.45, 2.75) is 6.23 Å². The lowest BCUT2D eigenvalue weighted by Crippen LogP contribution is -2.41. The topological polar surface area (TPSA) is 84.9 Å². The van der Waals surface area contributed by atoms with Gasteiger partial charge in [-0.1, -0.05) is 0 Å². The number of methoxy groups -OCH3 is 2. The molecule has 0 unspecified atom stereocenters. The maximum absolute atomic E-state index is 10.4. The van der Waals surface area contributed by atoms with Crippen LogP contribution >= 0.6 is 0 Å². The van der Waals surface area contributed by atoms with Crippen molar-refractivity contribution in [2.24, 2.45) is 0 Å². The van der Waals surface area contributed by atoms with E-state index in [1.54, 1.807) is 0 Å². The van der Waals surface area contributed by atoms with Crippen LogP contribution in [0.25, 0.3) is 0 Å². The van der Waals surface area contributed by atoms with E-state index >= 15 is 0 Å². The highest BCUT2D eigenvalue weighted by Crippen LogP contribution is 1.85. The van der Waals surface area contributed by atoms with Gasteiger partial charge < -0.3 is 14.6 Å². The lowest BCUT2D eigenvalue weighted by Gasteiger charge is -2.10. The predicted molar refractivity (Wildman–Crippen MR) is 34.0 cm³/mol. The van der Waals surface area contributed by atoms with E-state index in [4.69, 9.17) is 5.11 Å². The summed E-state index contributed by atoms with van der Waals surface area (Å²) in [4.78, 5) is 20.6. The molecule has 6 heteroatoms. The molecule has 0 aliphatic carbocycles. The van der Waals surface area contributed by atoms with Crippen molar-refractivity contribution in [1.29, 1.82) is 0 Å². The molecule has 0 aliphatic heterocycles. The second-order valence-corrected chi connectivity index (χ2v) is 1.59. The van der Waals surface area contributed by atoms with Crippen LogP contribution in [-0.4, -0.2) is 37.6 Å². The van der Waals surface area contributed by atoms with Gasteiger partial charge in [0.1, 0.15) is 0 Å². The molecule has 64 valence electrons. The maximum Gasteiger partial charge on any atom is 0.409 e. The van der Waals surface area contributed by atoms with Crippen LogP contribution in [0.2, 0.25) is 0 Å². The Balaban J connectivity index is 3.88. The third-order valence-corrected chi connectivity index (χ3v) is 0.894. The second-order valence-electron chi connectivity index (χ2n) is 1.59. The Morgan fingerprint density at radius 3 is 2.27 bits per heavy atom. The third-order valence-electron chi connectivity index (χ3n) is 0.894. The number of aliphatic carboxylic acids is 1. The van der Waals surface area contributed by atoms with Gasteiger partial charge in [-0.2, -0.15) is 0 Å². The summed E-state index contributed by atoms with van der Waals surface area (Å²) >= 11 is 0. The van der Waals surface area contributed by atoms with Crippen LogP contribution in [0.4, 0.5) is 4.79 Å². The Labute approximate surface area is 63.1 Å². The predicted octanol–water partition coefficient (Wildman–Crippen LogP) is -0.601. The number of nitrogens with one attached hydrogen (secondary N) is 1. The average Bonchev–Trinajstić information content (AvgIpc) is 1.99. The van der Waals surface area contributed by atoms with Gasteiger partial charge in [-0.25, -0.2) is 9.59 Å². The first-order chi connectivity index (χ1) is 5.11. The number of rotatable bonds is 3. The van der Waals surface area contributed by atoms with Gasteiger partial charge in [-0.15, -0.1) is 0 Å². The first kappa shape index (κ1) is 9.70. The van der Waals surface area contributed by atoms with Crippen LogP contribution in [-0.2, 0) is 14.3 Å². The summed E-state index contributed by atoms with van der Waals surface area (Å²) in [6, 6.07) is 0. The SMILES string of the molecule is COC(=O)N[C@H](OC)C(=O)O. The van der Waals surface area contributed by atoms with Crippen LogP contribution in [0.3, 0.4) is 0 Å². The number of carboxylic acid groups (broad SMARTS) is 1. The van der Waals surface area contributed by atoms with Crippen molar-refractivity contribution in [3.63, 3.8) is 0 Å². The summed E-state index contributed by atoms with van der Waals surface area (Å²) in [5.41, 5.74) is 0. The molecular formula is C5H9NO5. The number of hydrogen-bond acceptors (Lipinski definition) is 4. The molecule has 0 fully saturated rings. The molecular weight excluding hydrogens is 154 g/mol. The zero-order valence-corrected chi connectivity index (χ0v) is 6.16. The van der Waals surface area contributed by atoms with Crippen molar-refractivity contribution < 1.29 is 24.2 Å². The Morgan fingerprint density at radius 2 is 2.00 bits per heavy atom. The minimum absolute atomic E-state index is 0.848. The molecule has 0 aromatic carbocycles. The second kappa shape index (κ2) is 4.51. The molecule has 1 atom stereocenters. The fraction of sp³-hybridized carbons (Fsp3) is 0.600. The number of alkyl carbamates (subject to hydrolysis) is 1. The molecule has 1 amide bonds. The molecule has 0 bridgehead atoms. The van der Waals surface area contributed by atoms with Gasteiger partial charge in [-0.05, 0) is 0 Å². The van der Waals surface area contributed by atoms with Crippen LogP contribution in [0.15, 0.2) is 0 Å². The summed E-state index contributed by atoms with van der Waals surface area (Å²) in [7, 11) is 2.29. The van der Waals surface area contributed by atoms with Crippen LogP contribution in [0.5, 0.6) is 0 Å². The summed E-state index contributed by atoms with van der Waals surface area (Å²) < 4.78 is 8.51. The standard InChI is InChI=1S/C5H9NO5/c1-10-3(4(7)8)6-5(9)11-2/h3H,1-2H3,(H,6,9)(H,7,8)/t3-/m1/s1. The summed E-state index contributed by atoms with van der Waals surface area (Å²) in [6.07, 6.45) is -2.21.